The molecule has 16 heavy (non-hydrogen) atoms. The number of carbonyl (C=O) groups excluding carboxylic acids is 1. The van der Waals surface area contributed by atoms with E-state index in [4.69, 9.17) is 5.11 Å². The number of halogens is 1. The fraction of sp³-hybridized carbons (Fsp3) is 0.455. The maximum Gasteiger partial charge on any atom is 0.253 e. The summed E-state index contributed by atoms with van der Waals surface area (Å²) in [5.74, 6) is -0.910. The maximum atomic E-state index is 12.5. The second-order valence-electron chi connectivity index (χ2n) is 3.46. The number of aromatic nitrogens is 1. The highest BCUT2D eigenvalue weighted by Gasteiger charge is 2.11. The number of nitrogens with one attached hydrogen (secondary N) is 1. The predicted octanol–water partition coefficient (Wildman–Crippen LogP) is 1.11. The van der Waals surface area contributed by atoms with Gasteiger partial charge in [0.2, 0.25) is 5.95 Å². The molecule has 0 radical (unpaired) electrons. The molecule has 0 aliphatic heterocycles. The van der Waals surface area contributed by atoms with Crippen LogP contribution in [0.25, 0.3) is 0 Å². The van der Waals surface area contributed by atoms with Gasteiger partial charge in [-0.05, 0) is 25.0 Å². The summed E-state index contributed by atoms with van der Waals surface area (Å²) in [6.07, 6.45) is 2.44. The van der Waals surface area contributed by atoms with Crippen LogP contribution in [-0.2, 0) is 0 Å². The lowest BCUT2D eigenvalue weighted by Crippen LogP contribution is -2.35. The van der Waals surface area contributed by atoms with E-state index >= 15 is 0 Å². The fourth-order valence-corrected chi connectivity index (χ4v) is 1.31. The summed E-state index contributed by atoms with van der Waals surface area (Å²) in [6, 6.07) is 2.45. The van der Waals surface area contributed by atoms with E-state index in [0.29, 0.717) is 12.0 Å². The van der Waals surface area contributed by atoms with Gasteiger partial charge < -0.3 is 10.4 Å². The van der Waals surface area contributed by atoms with Gasteiger partial charge in [-0.25, -0.2) is 4.98 Å². The Morgan fingerprint density at radius 1 is 1.62 bits per heavy atom. The van der Waals surface area contributed by atoms with Gasteiger partial charge in [-0.1, -0.05) is 6.92 Å². The molecule has 0 fully saturated rings. The van der Waals surface area contributed by atoms with Crippen molar-refractivity contribution in [1.82, 2.24) is 10.3 Å². The summed E-state index contributed by atoms with van der Waals surface area (Å²) >= 11 is 0. The van der Waals surface area contributed by atoms with Gasteiger partial charge >= 0.3 is 0 Å². The van der Waals surface area contributed by atoms with Crippen LogP contribution < -0.4 is 5.32 Å². The quantitative estimate of drug-likeness (QED) is 0.739. The average molecular weight is 226 g/mol. The molecule has 0 aliphatic carbocycles. The first kappa shape index (κ1) is 12.6. The normalized spacial score (nSPS) is 12.2. The Morgan fingerprint density at radius 3 is 2.88 bits per heavy atom. The molecular formula is C11H15FN2O2. The Labute approximate surface area is 93.5 Å². The number of amides is 1. The standard InChI is InChI=1S/C11H15FN2O2/c1-2-9(5-6-15)14-11(16)8-3-4-10(12)13-7-8/h3-4,7,9,15H,2,5-6H2,1H3,(H,14,16). The van der Waals surface area contributed by atoms with Crippen LogP contribution in [0, 0.1) is 5.95 Å². The molecule has 0 saturated heterocycles. The Balaban J connectivity index is 2.60. The van der Waals surface area contributed by atoms with Crippen LogP contribution in [0.5, 0.6) is 0 Å². The smallest absolute Gasteiger partial charge is 0.253 e. The molecule has 1 atom stereocenters. The van der Waals surface area contributed by atoms with Crippen LogP contribution in [0.15, 0.2) is 18.3 Å². The van der Waals surface area contributed by atoms with Gasteiger partial charge in [0.15, 0.2) is 0 Å². The number of aliphatic hydroxyl groups excluding tert-OH is 1. The topological polar surface area (TPSA) is 62.2 Å². The Bertz CT molecular complexity index is 340. The van der Waals surface area contributed by atoms with Gasteiger partial charge in [0, 0.05) is 18.8 Å². The number of hydrogen-bond donors (Lipinski definition) is 2. The molecule has 1 heterocycles. The summed E-state index contributed by atoms with van der Waals surface area (Å²) in [5.41, 5.74) is 0.317. The molecule has 88 valence electrons. The molecular weight excluding hydrogens is 211 g/mol. The first-order chi connectivity index (χ1) is 7.67. The zero-order valence-corrected chi connectivity index (χ0v) is 9.11. The number of aliphatic hydroxyl groups is 1. The van der Waals surface area contributed by atoms with Gasteiger partial charge in [-0.2, -0.15) is 4.39 Å². The van der Waals surface area contributed by atoms with Crippen LogP contribution in [0.2, 0.25) is 0 Å². The lowest BCUT2D eigenvalue weighted by atomic mass is 10.1. The minimum Gasteiger partial charge on any atom is -0.396 e. The number of pyridine rings is 1. The third-order valence-electron chi connectivity index (χ3n) is 2.30. The average Bonchev–Trinajstić information content (AvgIpc) is 2.29. The summed E-state index contributed by atoms with van der Waals surface area (Å²) in [5, 5.41) is 11.5. The van der Waals surface area contributed by atoms with Crippen LogP contribution in [0.1, 0.15) is 30.1 Å². The molecule has 1 rings (SSSR count). The Hall–Kier alpha value is -1.49. The highest BCUT2D eigenvalue weighted by molar-refractivity contribution is 5.93. The third kappa shape index (κ3) is 3.58. The molecule has 2 N–H and O–H groups in total. The highest BCUT2D eigenvalue weighted by atomic mass is 19.1. The van der Waals surface area contributed by atoms with Crippen LogP contribution in [0.4, 0.5) is 4.39 Å². The monoisotopic (exact) mass is 226 g/mol. The molecule has 0 spiro atoms. The van der Waals surface area contributed by atoms with E-state index in [0.717, 1.165) is 12.5 Å². The summed E-state index contributed by atoms with van der Waals surface area (Å²) in [7, 11) is 0. The van der Waals surface area contributed by atoms with Crippen molar-refractivity contribution in [3.05, 3.63) is 29.8 Å². The lowest BCUT2D eigenvalue weighted by Gasteiger charge is -2.15. The van der Waals surface area contributed by atoms with Crippen molar-refractivity contribution in [2.45, 2.75) is 25.8 Å². The minimum absolute atomic E-state index is 0.0282. The molecule has 0 bridgehead atoms. The fourth-order valence-electron chi connectivity index (χ4n) is 1.31. The van der Waals surface area contributed by atoms with Crippen molar-refractivity contribution in [1.29, 1.82) is 0 Å². The Morgan fingerprint density at radius 2 is 2.38 bits per heavy atom. The molecule has 0 aliphatic rings. The highest BCUT2D eigenvalue weighted by Crippen LogP contribution is 2.02. The molecule has 0 saturated carbocycles. The Kier molecular flexibility index (Phi) is 4.85. The molecule has 1 unspecified atom stereocenters. The van der Waals surface area contributed by atoms with Crippen molar-refractivity contribution in [3.8, 4) is 0 Å². The van der Waals surface area contributed by atoms with Gasteiger partial charge in [0.25, 0.3) is 5.91 Å². The van der Waals surface area contributed by atoms with Gasteiger partial charge in [-0.3, -0.25) is 4.79 Å². The van der Waals surface area contributed by atoms with E-state index in [1.165, 1.54) is 12.3 Å². The van der Waals surface area contributed by atoms with E-state index in [2.05, 4.69) is 10.3 Å². The van der Waals surface area contributed by atoms with Gasteiger partial charge in [-0.15, -0.1) is 0 Å². The summed E-state index contributed by atoms with van der Waals surface area (Å²) in [4.78, 5) is 15.0. The van der Waals surface area contributed by atoms with Gasteiger partial charge in [0.1, 0.15) is 0 Å². The number of rotatable bonds is 5. The van der Waals surface area contributed by atoms with Crippen LogP contribution in [0.3, 0.4) is 0 Å². The molecule has 1 aromatic rings. The van der Waals surface area contributed by atoms with Crippen molar-refractivity contribution < 1.29 is 14.3 Å². The largest absolute Gasteiger partial charge is 0.396 e. The molecule has 5 heteroatoms. The van der Waals surface area contributed by atoms with E-state index < -0.39 is 5.95 Å². The number of carbonyl (C=O) groups is 1. The first-order valence-corrected chi connectivity index (χ1v) is 5.20. The molecule has 4 nitrogen and oxygen atoms in total. The van der Waals surface area contributed by atoms with E-state index in [-0.39, 0.29) is 18.6 Å². The summed E-state index contributed by atoms with van der Waals surface area (Å²) < 4.78 is 12.5. The van der Waals surface area contributed by atoms with Crippen LogP contribution in [-0.4, -0.2) is 28.6 Å². The number of hydrogen-bond acceptors (Lipinski definition) is 3. The lowest BCUT2D eigenvalue weighted by molar-refractivity contribution is 0.0928. The SMILES string of the molecule is CCC(CCO)NC(=O)c1ccc(F)nc1. The molecule has 0 aromatic carbocycles. The minimum atomic E-state index is -0.612. The third-order valence-corrected chi connectivity index (χ3v) is 2.30. The van der Waals surface area contributed by atoms with Crippen molar-refractivity contribution >= 4 is 5.91 Å². The van der Waals surface area contributed by atoms with Crippen molar-refractivity contribution in [2.24, 2.45) is 0 Å². The van der Waals surface area contributed by atoms with E-state index in [1.54, 1.807) is 0 Å². The van der Waals surface area contributed by atoms with Crippen molar-refractivity contribution in [3.63, 3.8) is 0 Å². The number of nitrogens with zero attached hydrogens (tertiary/aromatic N) is 1. The molecule has 1 aromatic heterocycles. The zero-order chi connectivity index (χ0) is 12.0. The van der Waals surface area contributed by atoms with Crippen LogP contribution >= 0.6 is 0 Å². The maximum absolute atomic E-state index is 12.5. The first-order valence-electron chi connectivity index (χ1n) is 5.20. The second-order valence-corrected chi connectivity index (χ2v) is 3.46. The van der Waals surface area contributed by atoms with Gasteiger partial charge in [0.05, 0.1) is 5.56 Å². The van der Waals surface area contributed by atoms with E-state index in [1.807, 2.05) is 6.92 Å². The molecule has 1 amide bonds. The zero-order valence-electron chi connectivity index (χ0n) is 9.11. The second kappa shape index (κ2) is 6.17. The van der Waals surface area contributed by atoms with Crippen molar-refractivity contribution in [2.75, 3.05) is 6.61 Å². The summed E-state index contributed by atoms with van der Waals surface area (Å²) in [6.45, 7) is 1.95. The predicted molar refractivity (Wildman–Crippen MR) is 57.4 cm³/mol. The van der Waals surface area contributed by atoms with E-state index in [9.17, 15) is 9.18 Å².